The van der Waals surface area contributed by atoms with E-state index < -0.39 is 0 Å². The van der Waals surface area contributed by atoms with Gasteiger partial charge in [-0.2, -0.15) is 0 Å². The summed E-state index contributed by atoms with van der Waals surface area (Å²) in [6, 6.07) is 10.2. The number of aliphatic hydroxyl groups excluding tert-OH is 1. The van der Waals surface area contributed by atoms with Gasteiger partial charge < -0.3 is 15.2 Å². The Kier molecular flexibility index (Phi) is 4.10. The molecule has 0 spiro atoms. The van der Waals surface area contributed by atoms with Crippen molar-refractivity contribution in [1.82, 2.24) is 4.98 Å². The molecule has 5 nitrogen and oxygen atoms in total. The van der Waals surface area contributed by atoms with E-state index in [1.807, 2.05) is 0 Å². The zero-order chi connectivity index (χ0) is 13.7. The van der Waals surface area contributed by atoms with Gasteiger partial charge in [0.15, 0.2) is 0 Å². The highest BCUT2D eigenvalue weighted by Crippen LogP contribution is 2.12. The number of hydrogen-bond acceptors (Lipinski definition) is 4. The Labute approximate surface area is 110 Å². The number of hydrogen-bond donors (Lipinski definition) is 2. The molecule has 0 atom stereocenters. The molecule has 0 aliphatic carbocycles. The fourth-order valence-electron chi connectivity index (χ4n) is 1.53. The summed E-state index contributed by atoms with van der Waals surface area (Å²) in [7, 11) is 1.52. The lowest BCUT2D eigenvalue weighted by molar-refractivity contribution is 0.102. The summed E-state index contributed by atoms with van der Waals surface area (Å²) in [4.78, 5) is 15.9. The van der Waals surface area contributed by atoms with Crippen molar-refractivity contribution in [2.45, 2.75) is 6.61 Å². The van der Waals surface area contributed by atoms with E-state index in [0.29, 0.717) is 17.1 Å². The number of nitrogens with one attached hydrogen (secondary N) is 1. The predicted octanol–water partition coefficient (Wildman–Crippen LogP) is 1.83. The third-order valence-electron chi connectivity index (χ3n) is 2.60. The van der Waals surface area contributed by atoms with Crippen LogP contribution in [-0.2, 0) is 6.61 Å². The van der Waals surface area contributed by atoms with Crippen molar-refractivity contribution >= 4 is 11.6 Å². The summed E-state index contributed by atoms with van der Waals surface area (Å²) < 4.78 is 4.93. The Hall–Kier alpha value is -2.40. The molecule has 2 aromatic rings. The standard InChI is InChI=1S/C14H14N2O3/c1-19-13-7-4-11(8-15-13)14(18)16-12-5-2-10(9-17)3-6-12/h2-8,17H,9H2,1H3,(H,16,18). The van der Waals surface area contributed by atoms with E-state index in [2.05, 4.69) is 10.3 Å². The molecule has 0 fully saturated rings. The number of amides is 1. The predicted molar refractivity (Wildman–Crippen MR) is 71.1 cm³/mol. The first-order valence-corrected chi connectivity index (χ1v) is 5.74. The average Bonchev–Trinajstić information content (AvgIpc) is 2.48. The van der Waals surface area contributed by atoms with Crippen LogP contribution in [0.2, 0.25) is 0 Å². The van der Waals surface area contributed by atoms with Gasteiger partial charge in [-0.25, -0.2) is 4.98 Å². The molecule has 0 saturated heterocycles. The molecule has 0 saturated carbocycles. The third kappa shape index (κ3) is 3.29. The average molecular weight is 258 g/mol. The number of methoxy groups -OCH3 is 1. The molecule has 1 heterocycles. The van der Waals surface area contributed by atoms with Crippen LogP contribution in [0.5, 0.6) is 5.88 Å². The minimum atomic E-state index is -0.244. The van der Waals surface area contributed by atoms with Crippen LogP contribution in [0.1, 0.15) is 15.9 Å². The summed E-state index contributed by atoms with van der Waals surface area (Å²) >= 11 is 0. The number of aromatic nitrogens is 1. The molecule has 0 radical (unpaired) electrons. The Bertz CT molecular complexity index is 550. The summed E-state index contributed by atoms with van der Waals surface area (Å²) in [6.07, 6.45) is 1.45. The van der Waals surface area contributed by atoms with Gasteiger partial charge in [0.2, 0.25) is 5.88 Å². The van der Waals surface area contributed by atoms with E-state index in [4.69, 9.17) is 9.84 Å². The van der Waals surface area contributed by atoms with Gasteiger partial charge in [0.25, 0.3) is 5.91 Å². The van der Waals surface area contributed by atoms with E-state index in [0.717, 1.165) is 5.56 Å². The van der Waals surface area contributed by atoms with Crippen LogP contribution >= 0.6 is 0 Å². The molecule has 2 N–H and O–H groups in total. The van der Waals surface area contributed by atoms with Gasteiger partial charge in [-0.1, -0.05) is 12.1 Å². The van der Waals surface area contributed by atoms with Gasteiger partial charge in [-0.05, 0) is 23.8 Å². The quantitative estimate of drug-likeness (QED) is 0.877. The molecular formula is C14H14N2O3. The largest absolute Gasteiger partial charge is 0.481 e. The maximum Gasteiger partial charge on any atom is 0.257 e. The lowest BCUT2D eigenvalue weighted by atomic mass is 10.2. The number of ether oxygens (including phenoxy) is 1. The molecular weight excluding hydrogens is 244 g/mol. The van der Waals surface area contributed by atoms with Crippen molar-refractivity contribution in [2.24, 2.45) is 0 Å². The zero-order valence-electron chi connectivity index (χ0n) is 10.5. The molecule has 0 bridgehead atoms. The Morgan fingerprint density at radius 2 is 2.00 bits per heavy atom. The number of rotatable bonds is 4. The maximum atomic E-state index is 11.9. The summed E-state index contributed by atoms with van der Waals surface area (Å²) in [5, 5.41) is 11.7. The van der Waals surface area contributed by atoms with Gasteiger partial charge >= 0.3 is 0 Å². The van der Waals surface area contributed by atoms with Crippen LogP contribution in [0.25, 0.3) is 0 Å². The Morgan fingerprint density at radius 1 is 1.26 bits per heavy atom. The highest BCUT2D eigenvalue weighted by atomic mass is 16.5. The topological polar surface area (TPSA) is 71.5 Å². The number of nitrogens with zero attached hydrogens (tertiary/aromatic N) is 1. The van der Waals surface area contributed by atoms with Crippen molar-refractivity contribution in [2.75, 3.05) is 12.4 Å². The molecule has 0 aliphatic heterocycles. The van der Waals surface area contributed by atoms with Gasteiger partial charge in [-0.3, -0.25) is 4.79 Å². The first-order chi connectivity index (χ1) is 9.22. The molecule has 19 heavy (non-hydrogen) atoms. The van der Waals surface area contributed by atoms with Crippen molar-refractivity contribution in [3.8, 4) is 5.88 Å². The number of carbonyl (C=O) groups excluding carboxylic acids is 1. The van der Waals surface area contributed by atoms with E-state index >= 15 is 0 Å². The fraction of sp³-hybridized carbons (Fsp3) is 0.143. The van der Waals surface area contributed by atoms with Gasteiger partial charge in [0.05, 0.1) is 19.3 Å². The van der Waals surface area contributed by atoms with E-state index in [-0.39, 0.29) is 12.5 Å². The van der Waals surface area contributed by atoms with E-state index in [1.165, 1.54) is 13.3 Å². The molecule has 0 aliphatic rings. The molecule has 5 heteroatoms. The first kappa shape index (κ1) is 13.0. The molecule has 2 rings (SSSR count). The minimum absolute atomic E-state index is 0.0172. The summed E-state index contributed by atoms with van der Waals surface area (Å²) in [5.74, 6) is 0.218. The minimum Gasteiger partial charge on any atom is -0.481 e. The monoisotopic (exact) mass is 258 g/mol. The lowest BCUT2D eigenvalue weighted by Crippen LogP contribution is -2.12. The lowest BCUT2D eigenvalue weighted by Gasteiger charge is -2.06. The number of benzene rings is 1. The smallest absolute Gasteiger partial charge is 0.257 e. The van der Waals surface area contributed by atoms with Crippen molar-refractivity contribution < 1.29 is 14.6 Å². The second-order valence-corrected chi connectivity index (χ2v) is 3.90. The second-order valence-electron chi connectivity index (χ2n) is 3.90. The van der Waals surface area contributed by atoms with Crippen LogP contribution in [0.4, 0.5) is 5.69 Å². The maximum absolute atomic E-state index is 11.9. The first-order valence-electron chi connectivity index (χ1n) is 5.74. The zero-order valence-corrected chi connectivity index (χ0v) is 10.5. The van der Waals surface area contributed by atoms with Crippen molar-refractivity contribution in [3.63, 3.8) is 0 Å². The van der Waals surface area contributed by atoms with Crippen molar-refractivity contribution in [1.29, 1.82) is 0 Å². The number of anilines is 1. The van der Waals surface area contributed by atoms with Gasteiger partial charge in [0, 0.05) is 18.0 Å². The summed E-state index contributed by atoms with van der Waals surface area (Å²) in [6.45, 7) is -0.0172. The number of carbonyl (C=O) groups is 1. The van der Waals surface area contributed by atoms with Crippen LogP contribution < -0.4 is 10.1 Å². The normalized spacial score (nSPS) is 10.0. The van der Waals surface area contributed by atoms with Crippen molar-refractivity contribution in [3.05, 3.63) is 53.7 Å². The molecule has 98 valence electrons. The Balaban J connectivity index is 2.06. The number of pyridine rings is 1. The highest BCUT2D eigenvalue weighted by Gasteiger charge is 2.06. The van der Waals surface area contributed by atoms with Gasteiger partial charge in [-0.15, -0.1) is 0 Å². The van der Waals surface area contributed by atoms with Crippen LogP contribution in [0.15, 0.2) is 42.6 Å². The van der Waals surface area contributed by atoms with E-state index in [9.17, 15) is 4.79 Å². The molecule has 0 unspecified atom stereocenters. The Morgan fingerprint density at radius 3 is 2.53 bits per heavy atom. The highest BCUT2D eigenvalue weighted by molar-refractivity contribution is 6.04. The summed E-state index contributed by atoms with van der Waals surface area (Å²) in [5.41, 5.74) is 1.91. The third-order valence-corrected chi connectivity index (χ3v) is 2.60. The molecule has 1 amide bonds. The van der Waals surface area contributed by atoms with Gasteiger partial charge in [0.1, 0.15) is 0 Å². The second kappa shape index (κ2) is 5.97. The van der Waals surface area contributed by atoms with Crippen LogP contribution in [-0.4, -0.2) is 23.1 Å². The SMILES string of the molecule is COc1ccc(C(=O)Nc2ccc(CO)cc2)cn1. The fourth-order valence-corrected chi connectivity index (χ4v) is 1.53. The van der Waals surface area contributed by atoms with Crippen LogP contribution in [0.3, 0.4) is 0 Å². The van der Waals surface area contributed by atoms with Crippen LogP contribution in [0, 0.1) is 0 Å². The number of aliphatic hydroxyl groups is 1. The molecule has 1 aromatic heterocycles. The van der Waals surface area contributed by atoms with E-state index in [1.54, 1.807) is 36.4 Å². The molecule has 1 aromatic carbocycles.